The van der Waals surface area contributed by atoms with E-state index in [0.29, 0.717) is 32.9 Å². The molecule has 0 aromatic rings. The van der Waals surface area contributed by atoms with E-state index in [1.807, 2.05) is 27.7 Å². The molecule has 0 fully saturated rings. The van der Waals surface area contributed by atoms with Crippen molar-refractivity contribution in [3.63, 3.8) is 0 Å². The summed E-state index contributed by atoms with van der Waals surface area (Å²) in [5.74, 6) is 0. The predicted molar refractivity (Wildman–Crippen MR) is 71.9 cm³/mol. The number of ether oxygens (including phenoxy) is 3. The Balaban J connectivity index is 3.61. The zero-order valence-corrected chi connectivity index (χ0v) is 12.4. The van der Waals surface area contributed by atoms with E-state index in [2.05, 4.69) is 5.32 Å². The monoisotopic (exact) mass is 263 g/mol. The summed E-state index contributed by atoms with van der Waals surface area (Å²) in [6.45, 7) is 10.7. The van der Waals surface area contributed by atoms with Crippen molar-refractivity contribution in [1.29, 1.82) is 0 Å². The number of methoxy groups -OCH3 is 1. The molecule has 18 heavy (non-hydrogen) atoms. The van der Waals surface area contributed by atoms with Crippen LogP contribution in [-0.2, 0) is 14.2 Å². The highest BCUT2D eigenvalue weighted by Crippen LogP contribution is 2.06. The average Bonchev–Trinajstić information content (AvgIpc) is 2.26. The van der Waals surface area contributed by atoms with E-state index in [1.165, 1.54) is 0 Å². The van der Waals surface area contributed by atoms with Crippen LogP contribution in [0.25, 0.3) is 0 Å². The lowest BCUT2D eigenvalue weighted by atomic mass is 10.1. The third-order valence-electron chi connectivity index (χ3n) is 2.44. The number of hydrogen-bond acceptors (Lipinski definition) is 5. The van der Waals surface area contributed by atoms with E-state index in [9.17, 15) is 5.11 Å². The number of aliphatic hydroxyl groups excluding tert-OH is 1. The first kappa shape index (κ1) is 17.8. The van der Waals surface area contributed by atoms with Gasteiger partial charge in [-0.15, -0.1) is 0 Å². The maximum atomic E-state index is 9.72. The number of nitrogens with one attached hydrogen (secondary N) is 1. The number of aliphatic hydroxyl groups is 1. The SMILES string of the molecule is CCOC(C)(C)CNCC(O)COC(C)COC. The normalized spacial score (nSPS) is 15.7. The van der Waals surface area contributed by atoms with Crippen molar-refractivity contribution in [3.05, 3.63) is 0 Å². The Labute approximate surface area is 111 Å². The van der Waals surface area contributed by atoms with Gasteiger partial charge in [0.25, 0.3) is 0 Å². The summed E-state index contributed by atoms with van der Waals surface area (Å²) in [5.41, 5.74) is -0.210. The fourth-order valence-electron chi connectivity index (χ4n) is 1.60. The van der Waals surface area contributed by atoms with Gasteiger partial charge in [-0.1, -0.05) is 0 Å². The van der Waals surface area contributed by atoms with Gasteiger partial charge in [0.2, 0.25) is 0 Å². The molecule has 0 saturated heterocycles. The Kier molecular flexibility index (Phi) is 9.59. The highest BCUT2D eigenvalue weighted by atomic mass is 16.5. The topological polar surface area (TPSA) is 60.0 Å². The molecule has 0 aliphatic rings. The lowest BCUT2D eigenvalue weighted by Crippen LogP contribution is -2.41. The van der Waals surface area contributed by atoms with Crippen LogP contribution >= 0.6 is 0 Å². The molecule has 0 saturated carbocycles. The average molecular weight is 263 g/mol. The molecule has 0 radical (unpaired) electrons. The third kappa shape index (κ3) is 9.79. The van der Waals surface area contributed by atoms with E-state index in [4.69, 9.17) is 14.2 Å². The largest absolute Gasteiger partial charge is 0.389 e. The van der Waals surface area contributed by atoms with E-state index >= 15 is 0 Å². The number of rotatable bonds is 11. The Morgan fingerprint density at radius 2 is 1.94 bits per heavy atom. The van der Waals surface area contributed by atoms with Gasteiger partial charge in [0, 0.05) is 26.8 Å². The lowest BCUT2D eigenvalue weighted by molar-refractivity contribution is -0.0357. The quantitative estimate of drug-likeness (QED) is 0.577. The summed E-state index contributed by atoms with van der Waals surface area (Å²) in [5, 5.41) is 12.9. The van der Waals surface area contributed by atoms with Gasteiger partial charge in [-0.3, -0.25) is 0 Å². The van der Waals surface area contributed by atoms with Crippen LogP contribution in [0.15, 0.2) is 0 Å². The summed E-state index contributed by atoms with van der Waals surface area (Å²) in [6.07, 6.45) is -0.508. The highest BCUT2D eigenvalue weighted by Gasteiger charge is 2.17. The fourth-order valence-corrected chi connectivity index (χ4v) is 1.60. The van der Waals surface area contributed by atoms with Gasteiger partial charge in [0.05, 0.1) is 31.0 Å². The Morgan fingerprint density at radius 1 is 1.28 bits per heavy atom. The van der Waals surface area contributed by atoms with Crippen molar-refractivity contribution in [2.75, 3.05) is 40.0 Å². The molecule has 5 nitrogen and oxygen atoms in total. The minimum Gasteiger partial charge on any atom is -0.389 e. The predicted octanol–water partition coefficient (Wildman–Crippen LogP) is 0.804. The van der Waals surface area contributed by atoms with Crippen molar-refractivity contribution >= 4 is 0 Å². The fraction of sp³-hybridized carbons (Fsp3) is 1.00. The van der Waals surface area contributed by atoms with Crippen LogP contribution in [0.5, 0.6) is 0 Å². The van der Waals surface area contributed by atoms with Crippen LogP contribution in [0.3, 0.4) is 0 Å². The second-order valence-corrected chi connectivity index (χ2v) is 5.08. The first-order valence-corrected chi connectivity index (χ1v) is 6.54. The second-order valence-electron chi connectivity index (χ2n) is 5.08. The lowest BCUT2D eigenvalue weighted by Gasteiger charge is -2.25. The van der Waals surface area contributed by atoms with Gasteiger partial charge in [0.1, 0.15) is 0 Å². The molecule has 2 unspecified atom stereocenters. The van der Waals surface area contributed by atoms with Crippen LogP contribution in [0.2, 0.25) is 0 Å². The molecule has 0 aliphatic carbocycles. The van der Waals surface area contributed by atoms with Gasteiger partial charge in [-0.05, 0) is 27.7 Å². The van der Waals surface area contributed by atoms with Gasteiger partial charge in [-0.25, -0.2) is 0 Å². The molecule has 0 amide bonds. The standard InChI is InChI=1S/C13H29NO4/c1-6-18-13(3,4)10-14-7-12(15)9-17-11(2)8-16-5/h11-12,14-15H,6-10H2,1-5H3. The summed E-state index contributed by atoms with van der Waals surface area (Å²) in [4.78, 5) is 0. The van der Waals surface area contributed by atoms with Gasteiger partial charge < -0.3 is 24.6 Å². The molecule has 0 heterocycles. The van der Waals surface area contributed by atoms with Crippen molar-refractivity contribution < 1.29 is 19.3 Å². The molecule has 0 bridgehead atoms. The first-order chi connectivity index (χ1) is 8.41. The van der Waals surface area contributed by atoms with Gasteiger partial charge in [-0.2, -0.15) is 0 Å². The summed E-state index contributed by atoms with van der Waals surface area (Å²) >= 11 is 0. The molecule has 110 valence electrons. The highest BCUT2D eigenvalue weighted by molar-refractivity contribution is 4.73. The molecule has 0 spiro atoms. The molecule has 0 aliphatic heterocycles. The summed E-state index contributed by atoms with van der Waals surface area (Å²) in [6, 6.07) is 0. The molecule has 2 N–H and O–H groups in total. The molecule has 5 heteroatoms. The maximum Gasteiger partial charge on any atom is 0.0897 e. The van der Waals surface area contributed by atoms with Crippen LogP contribution < -0.4 is 5.32 Å². The molecule has 2 atom stereocenters. The molecule has 0 aromatic carbocycles. The van der Waals surface area contributed by atoms with Crippen molar-refractivity contribution in [2.45, 2.75) is 45.5 Å². The zero-order valence-electron chi connectivity index (χ0n) is 12.4. The molecular weight excluding hydrogens is 234 g/mol. The van der Waals surface area contributed by atoms with Gasteiger partial charge in [0.15, 0.2) is 0 Å². The van der Waals surface area contributed by atoms with Crippen LogP contribution in [0, 0.1) is 0 Å². The van der Waals surface area contributed by atoms with Crippen molar-refractivity contribution in [2.24, 2.45) is 0 Å². The summed E-state index contributed by atoms with van der Waals surface area (Å²) in [7, 11) is 1.63. The molecule has 0 rings (SSSR count). The van der Waals surface area contributed by atoms with Crippen molar-refractivity contribution in [1.82, 2.24) is 5.32 Å². The Hall–Kier alpha value is -0.200. The number of hydrogen-bond donors (Lipinski definition) is 2. The minimum atomic E-state index is -0.512. The van der Waals surface area contributed by atoms with Crippen LogP contribution in [0.1, 0.15) is 27.7 Å². The van der Waals surface area contributed by atoms with E-state index in [1.54, 1.807) is 7.11 Å². The van der Waals surface area contributed by atoms with Crippen LogP contribution in [0.4, 0.5) is 0 Å². The summed E-state index contributed by atoms with van der Waals surface area (Å²) < 4.78 is 15.9. The second kappa shape index (κ2) is 9.69. The smallest absolute Gasteiger partial charge is 0.0897 e. The molecular formula is C13H29NO4. The van der Waals surface area contributed by atoms with Crippen molar-refractivity contribution in [3.8, 4) is 0 Å². The Bertz CT molecular complexity index is 199. The van der Waals surface area contributed by atoms with E-state index < -0.39 is 6.10 Å². The first-order valence-electron chi connectivity index (χ1n) is 6.54. The van der Waals surface area contributed by atoms with E-state index in [0.717, 1.165) is 0 Å². The minimum absolute atomic E-state index is 0.00418. The zero-order chi connectivity index (χ0) is 14.0. The third-order valence-corrected chi connectivity index (χ3v) is 2.44. The van der Waals surface area contributed by atoms with Crippen LogP contribution in [-0.4, -0.2) is 62.9 Å². The maximum absolute atomic E-state index is 9.72. The van der Waals surface area contributed by atoms with E-state index in [-0.39, 0.29) is 11.7 Å². The molecule has 0 aromatic heterocycles. The van der Waals surface area contributed by atoms with Gasteiger partial charge >= 0.3 is 0 Å². The Morgan fingerprint density at radius 3 is 2.50 bits per heavy atom.